The van der Waals surface area contributed by atoms with Gasteiger partial charge in [0.1, 0.15) is 5.56 Å². The summed E-state index contributed by atoms with van der Waals surface area (Å²) in [5.74, 6) is -0.532. The van der Waals surface area contributed by atoms with Crippen molar-refractivity contribution in [2.45, 2.75) is 38.9 Å². The lowest BCUT2D eigenvalue weighted by molar-refractivity contribution is -0.137. The van der Waals surface area contributed by atoms with Crippen LogP contribution < -0.4 is 10.9 Å². The van der Waals surface area contributed by atoms with Crippen molar-refractivity contribution in [2.24, 2.45) is 0 Å². The minimum absolute atomic E-state index is 0.0575. The number of halogens is 3. The van der Waals surface area contributed by atoms with E-state index in [1.807, 2.05) is 30.3 Å². The minimum atomic E-state index is -4.56. The van der Waals surface area contributed by atoms with Crippen LogP contribution in [0.1, 0.15) is 41.4 Å². The third-order valence-electron chi connectivity index (χ3n) is 6.61. The molecule has 1 aromatic heterocycles. The number of rotatable bonds is 6. The van der Waals surface area contributed by atoms with E-state index >= 15 is 0 Å². The molecule has 1 saturated heterocycles. The Hall–Kier alpha value is -3.39. The van der Waals surface area contributed by atoms with Crippen molar-refractivity contribution in [1.29, 1.82) is 0 Å². The molecule has 2 aromatic carbocycles. The number of hydrogen-bond donors (Lipinski definition) is 1. The van der Waals surface area contributed by atoms with Crippen molar-refractivity contribution in [3.05, 3.63) is 87.8 Å². The molecule has 1 aliphatic heterocycles. The molecule has 1 unspecified atom stereocenters. The van der Waals surface area contributed by atoms with Gasteiger partial charge in [-0.2, -0.15) is 13.2 Å². The summed E-state index contributed by atoms with van der Waals surface area (Å²) in [7, 11) is 0. The summed E-state index contributed by atoms with van der Waals surface area (Å²) in [4.78, 5) is 29.0. The first-order valence-corrected chi connectivity index (χ1v) is 11.7. The zero-order valence-corrected chi connectivity index (χ0v) is 19.7. The number of carbonyl (C=O) groups is 1. The van der Waals surface area contributed by atoms with Gasteiger partial charge in [-0.1, -0.05) is 43.3 Å². The van der Waals surface area contributed by atoms with E-state index in [4.69, 9.17) is 0 Å². The highest BCUT2D eigenvalue weighted by Gasteiger charge is 2.31. The number of hydrogen-bond acceptors (Lipinski definition) is 3. The molecule has 8 heteroatoms. The van der Waals surface area contributed by atoms with Crippen LogP contribution in [0.4, 0.5) is 13.2 Å². The maximum Gasteiger partial charge on any atom is 0.416 e. The predicted molar refractivity (Wildman–Crippen MR) is 130 cm³/mol. The van der Waals surface area contributed by atoms with E-state index < -0.39 is 23.2 Å². The molecule has 0 saturated carbocycles. The molecule has 0 radical (unpaired) electrons. The first kappa shape index (κ1) is 24.7. The zero-order valence-electron chi connectivity index (χ0n) is 19.7. The van der Waals surface area contributed by atoms with E-state index in [-0.39, 0.29) is 17.3 Å². The van der Waals surface area contributed by atoms with E-state index in [1.165, 1.54) is 16.7 Å². The molecule has 2 heterocycles. The Morgan fingerprint density at radius 1 is 1.09 bits per heavy atom. The Balaban J connectivity index is 1.80. The van der Waals surface area contributed by atoms with Gasteiger partial charge in [0.05, 0.1) is 5.56 Å². The van der Waals surface area contributed by atoms with E-state index in [1.54, 1.807) is 13.0 Å². The maximum absolute atomic E-state index is 13.5. The van der Waals surface area contributed by atoms with Gasteiger partial charge < -0.3 is 5.32 Å². The summed E-state index contributed by atoms with van der Waals surface area (Å²) >= 11 is 0. The topological polar surface area (TPSA) is 54.3 Å². The van der Waals surface area contributed by atoms with Crippen molar-refractivity contribution in [2.75, 3.05) is 19.6 Å². The fourth-order valence-electron chi connectivity index (χ4n) is 4.76. The predicted octanol–water partition coefficient (Wildman–Crippen LogP) is 5.05. The second kappa shape index (κ2) is 10.1. The van der Waals surface area contributed by atoms with E-state index in [9.17, 15) is 22.8 Å². The molecule has 5 nitrogen and oxygen atoms in total. The quantitative estimate of drug-likeness (QED) is 0.534. The summed E-state index contributed by atoms with van der Waals surface area (Å²) in [6.45, 7) is 6.00. The smallest absolute Gasteiger partial charge is 0.350 e. The standard InChI is InChI=1S/C27H28F3N3O2/c1-3-32-14-8-13-22(32)17-31-25(34)24-16-23(19-9-5-4-6-10-19)18(2)33(26(24)35)21-12-7-11-20(15-21)27(28,29)30/h4-7,9-12,15-16,22H,3,8,13-14,17H2,1-2H3,(H,31,34). The number of nitrogens with one attached hydrogen (secondary N) is 1. The fraction of sp³-hybridized carbons (Fsp3) is 0.333. The Bertz CT molecular complexity index is 1270. The molecule has 3 aromatic rings. The molecular formula is C27H28F3N3O2. The van der Waals surface area contributed by atoms with Crippen LogP contribution in [0.25, 0.3) is 16.8 Å². The molecule has 0 bridgehead atoms. The normalized spacial score (nSPS) is 16.4. The van der Waals surface area contributed by atoms with Gasteiger partial charge in [0.2, 0.25) is 0 Å². The van der Waals surface area contributed by atoms with Crippen LogP contribution in [-0.4, -0.2) is 41.1 Å². The van der Waals surface area contributed by atoms with Gasteiger partial charge in [-0.05, 0) is 62.7 Å². The molecule has 184 valence electrons. The Morgan fingerprint density at radius 2 is 1.83 bits per heavy atom. The summed E-state index contributed by atoms with van der Waals surface area (Å²) < 4.78 is 41.4. The number of aromatic nitrogens is 1. The molecule has 0 spiro atoms. The van der Waals surface area contributed by atoms with Crippen molar-refractivity contribution in [3.63, 3.8) is 0 Å². The molecule has 0 aliphatic carbocycles. The number of pyridine rings is 1. The summed E-state index contributed by atoms with van der Waals surface area (Å²) in [5, 5.41) is 2.88. The van der Waals surface area contributed by atoms with Crippen LogP contribution in [-0.2, 0) is 6.18 Å². The minimum Gasteiger partial charge on any atom is -0.350 e. The first-order chi connectivity index (χ1) is 16.7. The molecule has 1 fully saturated rings. The molecule has 1 amide bonds. The second-order valence-corrected chi connectivity index (χ2v) is 8.75. The number of likely N-dealkylation sites (N-methyl/N-ethyl adjacent to an activating group) is 1. The highest BCUT2D eigenvalue weighted by atomic mass is 19.4. The third-order valence-corrected chi connectivity index (χ3v) is 6.61. The van der Waals surface area contributed by atoms with Crippen LogP contribution in [0.5, 0.6) is 0 Å². The molecular weight excluding hydrogens is 455 g/mol. The fourth-order valence-corrected chi connectivity index (χ4v) is 4.76. The number of carbonyl (C=O) groups excluding carboxylic acids is 1. The van der Waals surface area contributed by atoms with Crippen LogP contribution in [0.15, 0.2) is 65.5 Å². The molecule has 4 rings (SSSR count). The molecule has 1 N–H and O–H groups in total. The van der Waals surface area contributed by atoms with Gasteiger partial charge in [0.25, 0.3) is 11.5 Å². The number of likely N-dealkylation sites (tertiary alicyclic amines) is 1. The lowest BCUT2D eigenvalue weighted by Gasteiger charge is -2.23. The summed E-state index contributed by atoms with van der Waals surface area (Å²) in [6.07, 6.45) is -2.54. The average Bonchev–Trinajstić information content (AvgIpc) is 3.30. The van der Waals surface area contributed by atoms with Crippen LogP contribution >= 0.6 is 0 Å². The molecule has 35 heavy (non-hydrogen) atoms. The van der Waals surface area contributed by atoms with Crippen LogP contribution in [0, 0.1) is 6.92 Å². The lowest BCUT2D eigenvalue weighted by atomic mass is 10.0. The van der Waals surface area contributed by atoms with Gasteiger partial charge >= 0.3 is 6.18 Å². The average molecular weight is 484 g/mol. The van der Waals surface area contributed by atoms with Gasteiger partial charge in [-0.3, -0.25) is 19.1 Å². The van der Waals surface area contributed by atoms with E-state index in [0.29, 0.717) is 17.8 Å². The Morgan fingerprint density at radius 3 is 2.51 bits per heavy atom. The highest BCUT2D eigenvalue weighted by Crippen LogP contribution is 2.31. The van der Waals surface area contributed by atoms with Crippen molar-refractivity contribution in [3.8, 4) is 16.8 Å². The van der Waals surface area contributed by atoms with Crippen LogP contribution in [0.2, 0.25) is 0 Å². The van der Waals surface area contributed by atoms with Crippen LogP contribution in [0.3, 0.4) is 0 Å². The first-order valence-electron chi connectivity index (χ1n) is 11.7. The SMILES string of the molecule is CCN1CCCC1CNC(=O)c1cc(-c2ccccc2)c(C)n(-c2cccc(C(F)(F)F)c2)c1=O. The lowest BCUT2D eigenvalue weighted by Crippen LogP contribution is -2.42. The Kier molecular flexibility index (Phi) is 7.12. The number of nitrogens with zero attached hydrogens (tertiary/aromatic N) is 2. The van der Waals surface area contributed by atoms with E-state index in [2.05, 4.69) is 17.1 Å². The van der Waals surface area contributed by atoms with Crippen molar-refractivity contribution in [1.82, 2.24) is 14.8 Å². The van der Waals surface area contributed by atoms with Gasteiger partial charge in [-0.25, -0.2) is 0 Å². The summed E-state index contributed by atoms with van der Waals surface area (Å²) in [6, 6.07) is 15.5. The number of alkyl halides is 3. The zero-order chi connectivity index (χ0) is 25.2. The van der Waals surface area contributed by atoms with Gasteiger partial charge in [-0.15, -0.1) is 0 Å². The Labute approximate surface area is 202 Å². The number of amides is 1. The molecule has 1 atom stereocenters. The third kappa shape index (κ3) is 5.17. The number of benzene rings is 2. The largest absolute Gasteiger partial charge is 0.416 e. The summed E-state index contributed by atoms with van der Waals surface area (Å²) in [5.41, 5.74) is 0.243. The highest BCUT2D eigenvalue weighted by molar-refractivity contribution is 5.95. The monoisotopic (exact) mass is 483 g/mol. The van der Waals surface area contributed by atoms with E-state index in [0.717, 1.165) is 43.6 Å². The molecule has 1 aliphatic rings. The van der Waals surface area contributed by atoms with Gasteiger partial charge in [0.15, 0.2) is 0 Å². The van der Waals surface area contributed by atoms with Gasteiger partial charge in [0, 0.05) is 29.5 Å². The maximum atomic E-state index is 13.5. The van der Waals surface area contributed by atoms with Crippen molar-refractivity contribution < 1.29 is 18.0 Å². The van der Waals surface area contributed by atoms with Crippen molar-refractivity contribution >= 4 is 5.91 Å². The second-order valence-electron chi connectivity index (χ2n) is 8.75.